The maximum absolute atomic E-state index is 12.9. The van der Waals surface area contributed by atoms with E-state index in [0.29, 0.717) is 16.6 Å². The molecule has 1 aliphatic carbocycles. The summed E-state index contributed by atoms with van der Waals surface area (Å²) in [6, 6.07) is 11.0. The number of hydrogen-bond donors (Lipinski definition) is 0. The molecule has 0 radical (unpaired) electrons. The van der Waals surface area contributed by atoms with Gasteiger partial charge in [0.1, 0.15) is 6.04 Å². The third-order valence-corrected chi connectivity index (χ3v) is 5.89. The summed E-state index contributed by atoms with van der Waals surface area (Å²) in [6.07, 6.45) is 3.06. The molecule has 1 saturated carbocycles. The Kier molecular flexibility index (Phi) is 2.61. The van der Waals surface area contributed by atoms with Gasteiger partial charge in [-0.3, -0.25) is 4.79 Å². The molecule has 3 aliphatic rings. The molecule has 2 aliphatic heterocycles. The van der Waals surface area contributed by atoms with Crippen molar-refractivity contribution in [2.75, 3.05) is 4.90 Å². The maximum Gasteiger partial charge on any atom is 0.332 e. The maximum atomic E-state index is 12.9. The van der Waals surface area contributed by atoms with Gasteiger partial charge in [0, 0.05) is 21.8 Å². The Morgan fingerprint density at radius 3 is 2.57 bits per heavy atom. The number of benzene rings is 2. The molecule has 3 amide bonds. The molecule has 3 fully saturated rings. The fourth-order valence-corrected chi connectivity index (χ4v) is 4.81. The highest BCUT2D eigenvalue weighted by Crippen LogP contribution is 2.48. The molecule has 2 saturated heterocycles. The molecule has 4 nitrogen and oxygen atoms in total. The predicted octanol–water partition coefficient (Wildman–Crippen LogP) is 3.81. The molecule has 23 heavy (non-hydrogen) atoms. The second kappa shape index (κ2) is 4.48. The Balaban J connectivity index is 1.67. The zero-order chi connectivity index (χ0) is 15.7. The Labute approximate surface area is 138 Å². The van der Waals surface area contributed by atoms with Crippen LogP contribution in [0, 0.1) is 5.92 Å². The van der Waals surface area contributed by atoms with Crippen LogP contribution < -0.4 is 4.90 Å². The number of carbonyl (C=O) groups excluding carboxylic acids is 2. The molecule has 5 rings (SSSR count). The van der Waals surface area contributed by atoms with E-state index in [2.05, 4.69) is 0 Å². The predicted molar refractivity (Wildman–Crippen MR) is 88.6 cm³/mol. The van der Waals surface area contributed by atoms with Crippen LogP contribution in [0.3, 0.4) is 0 Å². The molecule has 3 atom stereocenters. The number of nitrogens with zero attached hydrogens (tertiary/aromatic N) is 2. The quantitative estimate of drug-likeness (QED) is 0.748. The van der Waals surface area contributed by atoms with Gasteiger partial charge in [0.25, 0.3) is 5.91 Å². The first-order chi connectivity index (χ1) is 11.2. The van der Waals surface area contributed by atoms with Crippen LogP contribution in [0.2, 0.25) is 5.02 Å². The molecule has 116 valence electrons. The van der Waals surface area contributed by atoms with Gasteiger partial charge in [-0.05, 0) is 37.3 Å². The molecular formula is C18H15ClN2O2. The smallest absolute Gasteiger partial charge is 0.309 e. The van der Waals surface area contributed by atoms with Crippen LogP contribution in [0.5, 0.6) is 0 Å². The van der Waals surface area contributed by atoms with E-state index in [1.807, 2.05) is 29.2 Å². The highest BCUT2D eigenvalue weighted by molar-refractivity contribution is 6.36. The van der Waals surface area contributed by atoms with Crippen molar-refractivity contribution in [3.05, 3.63) is 41.4 Å². The molecule has 5 heteroatoms. The van der Waals surface area contributed by atoms with Gasteiger partial charge in [-0.25, -0.2) is 9.69 Å². The monoisotopic (exact) mass is 326 g/mol. The van der Waals surface area contributed by atoms with E-state index in [0.717, 1.165) is 30.0 Å². The summed E-state index contributed by atoms with van der Waals surface area (Å²) in [5, 5.41) is 2.33. The summed E-state index contributed by atoms with van der Waals surface area (Å²) >= 11 is 6.26. The number of piperidine rings is 1. The van der Waals surface area contributed by atoms with Crippen LogP contribution in [0.25, 0.3) is 10.8 Å². The number of urea groups is 1. The summed E-state index contributed by atoms with van der Waals surface area (Å²) in [4.78, 5) is 29.0. The van der Waals surface area contributed by atoms with Crippen LogP contribution in [0.4, 0.5) is 10.5 Å². The summed E-state index contributed by atoms with van der Waals surface area (Å²) in [5.74, 6) is 0.259. The van der Waals surface area contributed by atoms with Crippen molar-refractivity contribution in [1.82, 2.24) is 4.90 Å². The average Bonchev–Trinajstić information content (AvgIpc) is 3.24. The number of carbonyl (C=O) groups is 2. The highest BCUT2D eigenvalue weighted by atomic mass is 35.5. The summed E-state index contributed by atoms with van der Waals surface area (Å²) < 4.78 is 0. The van der Waals surface area contributed by atoms with Crippen LogP contribution >= 0.6 is 11.6 Å². The Bertz CT molecular complexity index is 837. The molecule has 0 spiro atoms. The zero-order valence-electron chi connectivity index (χ0n) is 12.4. The second-order valence-corrected chi connectivity index (χ2v) is 7.05. The van der Waals surface area contributed by atoms with Crippen molar-refractivity contribution < 1.29 is 9.59 Å². The SMILES string of the molecule is O=C1[C@@H]2C3CCC(C3)N2C(=O)N1c1ccc(Cl)c2ccccc12. The van der Waals surface area contributed by atoms with Gasteiger partial charge in [-0.15, -0.1) is 0 Å². The van der Waals surface area contributed by atoms with Gasteiger partial charge >= 0.3 is 6.03 Å². The van der Waals surface area contributed by atoms with Gasteiger partial charge in [-0.1, -0.05) is 35.9 Å². The Morgan fingerprint density at radius 1 is 1.00 bits per heavy atom. The minimum Gasteiger partial charge on any atom is -0.309 e. The van der Waals surface area contributed by atoms with Gasteiger partial charge in [0.2, 0.25) is 0 Å². The van der Waals surface area contributed by atoms with Gasteiger partial charge in [0.05, 0.1) is 5.69 Å². The second-order valence-electron chi connectivity index (χ2n) is 6.65. The Morgan fingerprint density at radius 2 is 1.78 bits per heavy atom. The molecule has 2 aromatic rings. The van der Waals surface area contributed by atoms with E-state index in [1.54, 1.807) is 12.1 Å². The van der Waals surface area contributed by atoms with Gasteiger partial charge in [-0.2, -0.15) is 0 Å². The fraction of sp³-hybridized carbons (Fsp3) is 0.333. The van der Waals surface area contributed by atoms with E-state index in [-0.39, 0.29) is 24.0 Å². The number of rotatable bonds is 1. The highest BCUT2D eigenvalue weighted by Gasteiger charge is 2.59. The fourth-order valence-electron chi connectivity index (χ4n) is 4.59. The lowest BCUT2D eigenvalue weighted by atomic mass is 9.99. The normalized spacial score (nSPS) is 29.0. The van der Waals surface area contributed by atoms with E-state index in [9.17, 15) is 9.59 Å². The minimum absolute atomic E-state index is 0.0744. The van der Waals surface area contributed by atoms with E-state index in [1.165, 1.54) is 4.90 Å². The van der Waals surface area contributed by atoms with E-state index >= 15 is 0 Å². The summed E-state index contributed by atoms with van der Waals surface area (Å²) in [7, 11) is 0. The van der Waals surface area contributed by atoms with Crippen molar-refractivity contribution in [3.8, 4) is 0 Å². The number of amides is 3. The molecular weight excluding hydrogens is 312 g/mol. The van der Waals surface area contributed by atoms with Crippen LogP contribution in [-0.4, -0.2) is 28.9 Å². The Hall–Kier alpha value is -2.07. The number of halogens is 1. The zero-order valence-corrected chi connectivity index (χ0v) is 13.2. The lowest BCUT2D eigenvalue weighted by Crippen LogP contribution is -2.40. The lowest BCUT2D eigenvalue weighted by molar-refractivity contribution is -0.120. The first-order valence-electron chi connectivity index (χ1n) is 8.00. The lowest BCUT2D eigenvalue weighted by Gasteiger charge is -2.25. The molecule has 2 bridgehead atoms. The van der Waals surface area contributed by atoms with Crippen molar-refractivity contribution in [2.45, 2.75) is 31.3 Å². The van der Waals surface area contributed by atoms with Gasteiger partial charge in [0.15, 0.2) is 0 Å². The third kappa shape index (κ3) is 1.62. The number of anilines is 1. The van der Waals surface area contributed by atoms with Crippen LogP contribution in [-0.2, 0) is 4.79 Å². The molecule has 2 unspecified atom stereocenters. The molecule has 0 aromatic heterocycles. The summed E-state index contributed by atoms with van der Waals surface area (Å²) in [5.41, 5.74) is 0.647. The van der Waals surface area contributed by atoms with Crippen molar-refractivity contribution in [2.24, 2.45) is 5.92 Å². The summed E-state index contributed by atoms with van der Waals surface area (Å²) in [6.45, 7) is 0. The number of hydrogen-bond acceptors (Lipinski definition) is 2. The first-order valence-corrected chi connectivity index (χ1v) is 8.38. The molecule has 2 heterocycles. The number of fused-ring (bicyclic) bond motifs is 6. The van der Waals surface area contributed by atoms with Crippen molar-refractivity contribution >= 4 is 40.0 Å². The first kappa shape index (κ1) is 13.4. The minimum atomic E-state index is -0.254. The standard InChI is InChI=1S/C18H15ClN2O2/c19-14-7-8-15(13-4-2-1-3-12(13)14)21-17(22)16-10-5-6-11(9-10)20(16)18(21)23/h1-4,7-8,10-11,16H,5-6,9H2/t10?,11?,16-/m0/s1. The third-order valence-electron chi connectivity index (χ3n) is 5.56. The van der Waals surface area contributed by atoms with Crippen molar-refractivity contribution in [3.63, 3.8) is 0 Å². The van der Waals surface area contributed by atoms with Crippen LogP contribution in [0.15, 0.2) is 36.4 Å². The average molecular weight is 327 g/mol. The topological polar surface area (TPSA) is 40.6 Å². The van der Waals surface area contributed by atoms with Crippen LogP contribution in [0.1, 0.15) is 19.3 Å². The van der Waals surface area contributed by atoms with E-state index < -0.39 is 0 Å². The molecule has 0 N–H and O–H groups in total. The largest absolute Gasteiger partial charge is 0.332 e. The number of imide groups is 1. The van der Waals surface area contributed by atoms with Gasteiger partial charge < -0.3 is 4.90 Å². The molecule has 2 aromatic carbocycles. The van der Waals surface area contributed by atoms with Crippen molar-refractivity contribution in [1.29, 1.82) is 0 Å². The van der Waals surface area contributed by atoms with E-state index in [4.69, 9.17) is 11.6 Å².